The van der Waals surface area contributed by atoms with Crippen molar-refractivity contribution in [1.82, 2.24) is 5.32 Å². The Bertz CT molecular complexity index is 540. The number of benzene rings is 2. The van der Waals surface area contributed by atoms with Crippen molar-refractivity contribution in [1.29, 1.82) is 0 Å². The summed E-state index contributed by atoms with van der Waals surface area (Å²) in [6, 6.07) is 16.0. The second-order valence-electron chi connectivity index (χ2n) is 3.95. The fourth-order valence-electron chi connectivity index (χ4n) is 2.08. The lowest BCUT2D eigenvalue weighted by Crippen LogP contribution is -2.31. The quantitative estimate of drug-likeness (QED) is 0.850. The second kappa shape index (κ2) is 4.66. The molecule has 0 bridgehead atoms. The van der Waals surface area contributed by atoms with Crippen LogP contribution in [0.2, 0.25) is 0 Å². The van der Waals surface area contributed by atoms with Crippen LogP contribution in [-0.2, 0) is 0 Å². The third kappa shape index (κ3) is 1.80. The van der Waals surface area contributed by atoms with Gasteiger partial charge in [-0.3, -0.25) is 0 Å². The summed E-state index contributed by atoms with van der Waals surface area (Å²) in [5.74, 6) is 1.73. The molecule has 0 fully saturated rings. The highest BCUT2D eigenvalue weighted by Crippen LogP contribution is 2.45. The molecule has 0 atom stereocenters. The summed E-state index contributed by atoms with van der Waals surface area (Å²) < 4.78 is 5.88. The van der Waals surface area contributed by atoms with Crippen LogP contribution in [0.1, 0.15) is 0 Å². The molecule has 2 aromatic rings. The van der Waals surface area contributed by atoms with E-state index >= 15 is 0 Å². The smallest absolute Gasteiger partial charge is 0.151 e. The molecule has 0 unspecified atom stereocenters. The fourth-order valence-corrected chi connectivity index (χ4v) is 2.15. The van der Waals surface area contributed by atoms with E-state index < -0.39 is 0 Å². The van der Waals surface area contributed by atoms with Crippen LogP contribution in [0.25, 0.3) is 0 Å². The second-order valence-corrected chi connectivity index (χ2v) is 4.18. The Morgan fingerprint density at radius 3 is 2.11 bits per heavy atom. The van der Waals surface area contributed by atoms with Crippen molar-refractivity contribution in [3.63, 3.8) is 0 Å². The van der Waals surface area contributed by atoms with Crippen LogP contribution in [0.5, 0.6) is 11.5 Å². The zero-order chi connectivity index (χ0) is 12.4. The third-order valence-electron chi connectivity index (χ3n) is 2.86. The van der Waals surface area contributed by atoms with Gasteiger partial charge in [-0.15, -0.1) is 0 Å². The standard InChI is InChI=1S/C14H12N2OS/c18-10-15-9-16-11-5-1-3-7-13(11)17-14-8-4-2-6-12(14)16/h1-8,10H,9H2,(H,15,18). The molecule has 90 valence electrons. The number of ether oxygens (including phenoxy) is 1. The minimum absolute atomic E-state index is 0.626. The molecule has 3 nitrogen and oxygen atoms in total. The van der Waals surface area contributed by atoms with Gasteiger partial charge in [0.05, 0.1) is 23.5 Å². The largest absolute Gasteiger partial charge is 0.453 e. The summed E-state index contributed by atoms with van der Waals surface area (Å²) in [4.78, 5) is 2.15. The van der Waals surface area contributed by atoms with Gasteiger partial charge in [-0.25, -0.2) is 0 Å². The summed E-state index contributed by atoms with van der Waals surface area (Å²) >= 11 is 4.82. The average Bonchev–Trinajstić information content (AvgIpc) is 2.43. The Hall–Kier alpha value is -2.07. The number of hydrogen-bond donors (Lipinski definition) is 1. The SMILES string of the molecule is S=CNCN1c2ccccc2Oc2ccccc21. The van der Waals surface area contributed by atoms with Crippen LogP contribution in [0.15, 0.2) is 48.5 Å². The van der Waals surface area contributed by atoms with Crippen molar-refractivity contribution in [2.24, 2.45) is 0 Å². The number of thiocarbonyl (C=S) groups is 1. The summed E-state index contributed by atoms with van der Waals surface area (Å²) in [7, 11) is 0. The summed E-state index contributed by atoms with van der Waals surface area (Å²) in [5, 5.41) is 3.06. The van der Waals surface area contributed by atoms with Gasteiger partial charge in [-0.2, -0.15) is 0 Å². The molecule has 0 saturated heterocycles. The average molecular weight is 256 g/mol. The molecule has 3 rings (SSSR count). The lowest BCUT2D eigenvalue weighted by Gasteiger charge is -2.32. The van der Waals surface area contributed by atoms with Crippen molar-refractivity contribution in [2.75, 3.05) is 11.6 Å². The third-order valence-corrected chi connectivity index (χ3v) is 3.03. The number of rotatable bonds is 3. The summed E-state index contributed by atoms with van der Waals surface area (Å²) in [6.07, 6.45) is 0. The van der Waals surface area contributed by atoms with Gasteiger partial charge in [0.15, 0.2) is 11.5 Å². The molecular formula is C14H12N2OS. The van der Waals surface area contributed by atoms with Gasteiger partial charge in [-0.1, -0.05) is 36.5 Å². The van der Waals surface area contributed by atoms with E-state index in [1.54, 1.807) is 0 Å². The Morgan fingerprint density at radius 2 is 1.56 bits per heavy atom. The molecule has 0 amide bonds. The van der Waals surface area contributed by atoms with E-state index in [0.29, 0.717) is 6.67 Å². The molecule has 2 aromatic carbocycles. The van der Waals surface area contributed by atoms with Gasteiger partial charge in [0, 0.05) is 0 Å². The van der Waals surface area contributed by atoms with Gasteiger partial charge in [0.1, 0.15) is 0 Å². The minimum Gasteiger partial charge on any atom is -0.453 e. The Morgan fingerprint density at radius 1 is 1.00 bits per heavy atom. The molecule has 0 aromatic heterocycles. The van der Waals surface area contributed by atoms with Gasteiger partial charge in [0.2, 0.25) is 0 Å². The van der Waals surface area contributed by atoms with E-state index in [-0.39, 0.29) is 0 Å². The van der Waals surface area contributed by atoms with Gasteiger partial charge >= 0.3 is 0 Å². The topological polar surface area (TPSA) is 24.5 Å². The van der Waals surface area contributed by atoms with E-state index in [4.69, 9.17) is 17.0 Å². The maximum atomic E-state index is 5.88. The normalized spacial score (nSPS) is 12.1. The molecule has 18 heavy (non-hydrogen) atoms. The molecule has 0 radical (unpaired) electrons. The van der Waals surface area contributed by atoms with E-state index in [1.165, 1.54) is 5.49 Å². The monoisotopic (exact) mass is 256 g/mol. The highest BCUT2D eigenvalue weighted by molar-refractivity contribution is 7.78. The maximum Gasteiger partial charge on any atom is 0.151 e. The highest BCUT2D eigenvalue weighted by atomic mass is 32.1. The van der Waals surface area contributed by atoms with Gasteiger partial charge < -0.3 is 15.0 Å². The zero-order valence-corrected chi connectivity index (χ0v) is 10.5. The van der Waals surface area contributed by atoms with Crippen LogP contribution < -0.4 is 15.0 Å². The van der Waals surface area contributed by atoms with Crippen molar-refractivity contribution < 1.29 is 4.74 Å². The lowest BCUT2D eigenvalue weighted by atomic mass is 10.2. The zero-order valence-electron chi connectivity index (χ0n) is 9.67. The number of fused-ring (bicyclic) bond motifs is 2. The first-order valence-electron chi connectivity index (χ1n) is 5.70. The molecule has 0 saturated carbocycles. The van der Waals surface area contributed by atoms with E-state index in [0.717, 1.165) is 22.9 Å². The lowest BCUT2D eigenvalue weighted by molar-refractivity contribution is 0.472. The molecule has 1 N–H and O–H groups in total. The van der Waals surface area contributed by atoms with Crippen molar-refractivity contribution >= 4 is 29.1 Å². The Kier molecular flexibility index (Phi) is 2.86. The van der Waals surface area contributed by atoms with E-state index in [2.05, 4.69) is 10.2 Å². The van der Waals surface area contributed by atoms with Crippen LogP contribution in [0.3, 0.4) is 0 Å². The Balaban J connectivity index is 2.08. The van der Waals surface area contributed by atoms with E-state index in [1.807, 2.05) is 48.5 Å². The molecular weight excluding hydrogens is 244 g/mol. The number of anilines is 2. The maximum absolute atomic E-state index is 5.88. The Labute approximate surface area is 111 Å². The molecule has 1 heterocycles. The number of para-hydroxylation sites is 4. The molecule has 0 aliphatic carbocycles. The van der Waals surface area contributed by atoms with Gasteiger partial charge in [0.25, 0.3) is 0 Å². The predicted molar refractivity (Wildman–Crippen MR) is 76.8 cm³/mol. The summed E-state index contributed by atoms with van der Waals surface area (Å²) in [5.41, 5.74) is 3.61. The predicted octanol–water partition coefficient (Wildman–Crippen LogP) is 3.43. The van der Waals surface area contributed by atoms with Crippen molar-refractivity contribution in [3.8, 4) is 11.5 Å². The van der Waals surface area contributed by atoms with Crippen molar-refractivity contribution in [2.45, 2.75) is 0 Å². The first-order valence-corrected chi connectivity index (χ1v) is 6.18. The fraction of sp³-hybridized carbons (Fsp3) is 0.0714. The minimum atomic E-state index is 0.626. The highest BCUT2D eigenvalue weighted by Gasteiger charge is 2.22. The number of hydrogen-bond acceptors (Lipinski definition) is 3. The van der Waals surface area contributed by atoms with Crippen LogP contribution in [-0.4, -0.2) is 12.2 Å². The van der Waals surface area contributed by atoms with Crippen LogP contribution in [0, 0.1) is 0 Å². The molecule has 1 aliphatic heterocycles. The van der Waals surface area contributed by atoms with Gasteiger partial charge in [-0.05, 0) is 24.3 Å². The van der Waals surface area contributed by atoms with Crippen LogP contribution in [0.4, 0.5) is 11.4 Å². The molecule has 4 heteroatoms. The summed E-state index contributed by atoms with van der Waals surface area (Å²) in [6.45, 7) is 0.626. The van der Waals surface area contributed by atoms with E-state index in [9.17, 15) is 0 Å². The van der Waals surface area contributed by atoms with Crippen molar-refractivity contribution in [3.05, 3.63) is 48.5 Å². The molecule has 0 spiro atoms. The van der Waals surface area contributed by atoms with Crippen LogP contribution >= 0.6 is 12.2 Å². The first kappa shape index (κ1) is 11.0. The first-order chi connectivity index (χ1) is 8.90. The molecule has 1 aliphatic rings. The number of nitrogens with one attached hydrogen (secondary N) is 1. The number of nitrogens with zero attached hydrogens (tertiary/aromatic N) is 1.